The molecule has 0 saturated carbocycles. The van der Waals surface area contributed by atoms with E-state index in [-0.39, 0.29) is 17.9 Å². The first-order chi connectivity index (χ1) is 13.6. The van der Waals surface area contributed by atoms with Gasteiger partial charge in [-0.05, 0) is 44.7 Å². The number of fused-ring (bicyclic) bond motifs is 1. The second-order valence-corrected chi connectivity index (χ2v) is 8.48. The van der Waals surface area contributed by atoms with Gasteiger partial charge in [0.1, 0.15) is 6.04 Å². The highest BCUT2D eigenvalue weighted by molar-refractivity contribution is 7.99. The molecule has 2 amide bonds. The van der Waals surface area contributed by atoms with Crippen molar-refractivity contribution in [1.82, 2.24) is 20.0 Å². The minimum absolute atomic E-state index is 0.0631. The molecule has 2 atom stereocenters. The fourth-order valence-corrected chi connectivity index (χ4v) is 4.98. The van der Waals surface area contributed by atoms with Crippen LogP contribution >= 0.6 is 11.8 Å². The maximum atomic E-state index is 13.4. The molecule has 2 unspecified atom stereocenters. The SMILES string of the molecule is CCC(C)NC(=O)C1CSCN1C(=O)c1nn(-c2ccccc2)c2c1CCC2. The third-order valence-electron chi connectivity index (χ3n) is 5.58. The number of hydrogen-bond acceptors (Lipinski definition) is 4. The Hall–Kier alpha value is -2.28. The van der Waals surface area contributed by atoms with Crippen molar-refractivity contribution in [2.24, 2.45) is 0 Å². The molecule has 6 nitrogen and oxygen atoms in total. The maximum Gasteiger partial charge on any atom is 0.276 e. The quantitative estimate of drug-likeness (QED) is 0.841. The van der Waals surface area contributed by atoms with Crippen molar-refractivity contribution < 1.29 is 9.59 Å². The van der Waals surface area contributed by atoms with Crippen LogP contribution in [0.4, 0.5) is 0 Å². The number of hydrogen-bond donors (Lipinski definition) is 1. The topological polar surface area (TPSA) is 67.2 Å². The summed E-state index contributed by atoms with van der Waals surface area (Å²) in [5.74, 6) is 0.981. The lowest BCUT2D eigenvalue weighted by atomic mass is 10.1. The zero-order chi connectivity index (χ0) is 19.7. The molecule has 1 aliphatic heterocycles. The van der Waals surface area contributed by atoms with Crippen LogP contribution in [0.25, 0.3) is 5.69 Å². The van der Waals surface area contributed by atoms with Gasteiger partial charge < -0.3 is 10.2 Å². The molecule has 1 N–H and O–H groups in total. The molecule has 7 heteroatoms. The molecule has 1 saturated heterocycles. The summed E-state index contributed by atoms with van der Waals surface area (Å²) in [4.78, 5) is 27.7. The van der Waals surface area contributed by atoms with Gasteiger partial charge in [0.25, 0.3) is 5.91 Å². The van der Waals surface area contributed by atoms with Crippen molar-refractivity contribution in [3.63, 3.8) is 0 Å². The maximum absolute atomic E-state index is 13.4. The Morgan fingerprint density at radius 1 is 1.29 bits per heavy atom. The molecule has 2 heterocycles. The predicted octanol–water partition coefficient (Wildman–Crippen LogP) is 2.79. The van der Waals surface area contributed by atoms with Crippen LogP contribution in [0.1, 0.15) is 48.4 Å². The molecule has 0 bridgehead atoms. The smallest absolute Gasteiger partial charge is 0.276 e. The molecule has 0 radical (unpaired) electrons. The standard InChI is InChI=1S/C21H26N4O2S/c1-3-14(2)22-20(26)18-12-28-13-24(18)21(27)19-16-10-7-11-17(16)25(23-19)15-8-5-4-6-9-15/h4-6,8-9,14,18H,3,7,10-13H2,1-2H3,(H,22,26). The van der Waals surface area contributed by atoms with E-state index in [0.717, 1.165) is 42.6 Å². The van der Waals surface area contributed by atoms with Crippen molar-refractivity contribution in [2.75, 3.05) is 11.6 Å². The molecule has 2 aliphatic rings. The van der Waals surface area contributed by atoms with Gasteiger partial charge in [-0.1, -0.05) is 25.1 Å². The van der Waals surface area contributed by atoms with Gasteiger partial charge in [0.15, 0.2) is 5.69 Å². The summed E-state index contributed by atoms with van der Waals surface area (Å²) in [5, 5.41) is 7.72. The number of nitrogens with zero attached hydrogens (tertiary/aromatic N) is 3. The Labute approximate surface area is 169 Å². The number of amides is 2. The van der Waals surface area contributed by atoms with Gasteiger partial charge in [0.2, 0.25) is 5.91 Å². The minimum Gasteiger partial charge on any atom is -0.352 e. The number of para-hydroxylation sites is 1. The Morgan fingerprint density at radius 3 is 2.82 bits per heavy atom. The number of carbonyl (C=O) groups is 2. The van der Waals surface area contributed by atoms with E-state index in [0.29, 0.717) is 17.3 Å². The highest BCUT2D eigenvalue weighted by atomic mass is 32.2. The van der Waals surface area contributed by atoms with Crippen LogP contribution in [-0.4, -0.2) is 50.2 Å². The largest absolute Gasteiger partial charge is 0.352 e. The van der Waals surface area contributed by atoms with Gasteiger partial charge in [-0.15, -0.1) is 11.8 Å². The van der Waals surface area contributed by atoms with E-state index in [9.17, 15) is 9.59 Å². The van der Waals surface area contributed by atoms with Crippen molar-refractivity contribution in [1.29, 1.82) is 0 Å². The van der Waals surface area contributed by atoms with Crippen LogP contribution in [0.15, 0.2) is 30.3 Å². The lowest BCUT2D eigenvalue weighted by Crippen LogP contribution is -2.49. The molecule has 1 aliphatic carbocycles. The van der Waals surface area contributed by atoms with Crippen molar-refractivity contribution in [2.45, 2.75) is 51.6 Å². The molecular formula is C21H26N4O2S. The molecule has 148 valence electrons. The molecule has 2 aromatic rings. The minimum atomic E-state index is -0.426. The van der Waals surface area contributed by atoms with Crippen molar-refractivity contribution in [3.05, 3.63) is 47.3 Å². The van der Waals surface area contributed by atoms with E-state index in [1.807, 2.05) is 48.9 Å². The fourth-order valence-electron chi connectivity index (χ4n) is 3.83. The van der Waals surface area contributed by atoms with Gasteiger partial charge >= 0.3 is 0 Å². The molecule has 1 aromatic heterocycles. The summed E-state index contributed by atoms with van der Waals surface area (Å²) in [7, 11) is 0. The molecule has 1 fully saturated rings. The molecule has 28 heavy (non-hydrogen) atoms. The first kappa shape index (κ1) is 19.1. The molecule has 1 aromatic carbocycles. The Kier molecular flexibility index (Phi) is 5.44. The van der Waals surface area contributed by atoms with E-state index in [1.54, 1.807) is 16.7 Å². The van der Waals surface area contributed by atoms with E-state index in [1.165, 1.54) is 0 Å². The van der Waals surface area contributed by atoms with E-state index in [2.05, 4.69) is 5.32 Å². The van der Waals surface area contributed by atoms with Gasteiger partial charge in [0, 0.05) is 23.1 Å². The zero-order valence-corrected chi connectivity index (χ0v) is 17.2. The Morgan fingerprint density at radius 2 is 2.07 bits per heavy atom. The van der Waals surface area contributed by atoms with Crippen LogP contribution in [0.5, 0.6) is 0 Å². The summed E-state index contributed by atoms with van der Waals surface area (Å²) in [6, 6.07) is 9.63. The second kappa shape index (κ2) is 7.99. The van der Waals surface area contributed by atoms with Crippen molar-refractivity contribution in [3.8, 4) is 5.69 Å². The van der Waals surface area contributed by atoms with Gasteiger partial charge in [0.05, 0.1) is 11.6 Å². The molecule has 0 spiro atoms. The third kappa shape index (κ3) is 3.43. The van der Waals surface area contributed by atoms with Crippen LogP contribution in [-0.2, 0) is 17.6 Å². The number of nitrogens with one attached hydrogen (secondary N) is 1. The normalized spacial score (nSPS) is 19.5. The average molecular weight is 399 g/mol. The average Bonchev–Trinajstić information content (AvgIpc) is 3.44. The monoisotopic (exact) mass is 398 g/mol. The molecule has 4 rings (SSSR count). The van der Waals surface area contributed by atoms with Gasteiger partial charge in [-0.25, -0.2) is 4.68 Å². The van der Waals surface area contributed by atoms with Crippen molar-refractivity contribution >= 4 is 23.6 Å². The van der Waals surface area contributed by atoms with Gasteiger partial charge in [-0.3, -0.25) is 9.59 Å². The second-order valence-electron chi connectivity index (χ2n) is 7.48. The lowest BCUT2D eigenvalue weighted by molar-refractivity contribution is -0.125. The number of aromatic nitrogens is 2. The number of thioether (sulfide) groups is 1. The van der Waals surface area contributed by atoms with E-state index in [4.69, 9.17) is 5.10 Å². The van der Waals surface area contributed by atoms with Gasteiger partial charge in [-0.2, -0.15) is 5.10 Å². The van der Waals surface area contributed by atoms with E-state index >= 15 is 0 Å². The summed E-state index contributed by atoms with van der Waals surface area (Å²) >= 11 is 1.62. The highest BCUT2D eigenvalue weighted by Crippen LogP contribution is 2.31. The highest BCUT2D eigenvalue weighted by Gasteiger charge is 2.38. The lowest BCUT2D eigenvalue weighted by Gasteiger charge is -2.24. The third-order valence-corrected chi connectivity index (χ3v) is 6.59. The molecular weight excluding hydrogens is 372 g/mol. The Balaban J connectivity index is 1.62. The predicted molar refractivity (Wildman–Crippen MR) is 111 cm³/mol. The van der Waals surface area contributed by atoms with Crippen LogP contribution in [0.2, 0.25) is 0 Å². The number of benzene rings is 1. The van der Waals surface area contributed by atoms with Crippen LogP contribution in [0.3, 0.4) is 0 Å². The Bertz CT molecular complexity index is 880. The summed E-state index contributed by atoms with van der Waals surface area (Å²) in [6.45, 7) is 4.03. The first-order valence-corrected chi connectivity index (χ1v) is 11.1. The van der Waals surface area contributed by atoms with Crippen LogP contribution < -0.4 is 5.32 Å². The number of rotatable bonds is 5. The first-order valence-electron chi connectivity index (χ1n) is 9.95. The summed E-state index contributed by atoms with van der Waals surface area (Å²) in [5.41, 5.74) is 3.66. The zero-order valence-electron chi connectivity index (χ0n) is 16.4. The fraction of sp³-hybridized carbons (Fsp3) is 0.476. The summed E-state index contributed by atoms with van der Waals surface area (Å²) < 4.78 is 1.91. The van der Waals surface area contributed by atoms with Crippen LogP contribution in [0, 0.1) is 0 Å². The van der Waals surface area contributed by atoms with E-state index < -0.39 is 6.04 Å². The summed E-state index contributed by atoms with van der Waals surface area (Å²) in [6.07, 6.45) is 3.70. The number of carbonyl (C=O) groups excluding carboxylic acids is 2.